The highest BCUT2D eigenvalue weighted by Gasteiger charge is 2.25. The molecule has 1 aliphatic rings. The lowest BCUT2D eigenvalue weighted by Gasteiger charge is -2.28. The van der Waals surface area contributed by atoms with Crippen LogP contribution in [0.15, 0.2) is 59.7 Å². The molecule has 0 unspecified atom stereocenters. The van der Waals surface area contributed by atoms with Crippen LogP contribution in [0, 0.1) is 22.7 Å². The summed E-state index contributed by atoms with van der Waals surface area (Å²) in [5.74, 6) is 0.0495. The van der Waals surface area contributed by atoms with Gasteiger partial charge in [-0.3, -0.25) is 9.69 Å². The fourth-order valence-electron chi connectivity index (χ4n) is 3.04. The monoisotopic (exact) mass is 353 g/mol. The molecule has 4 nitrogen and oxygen atoms in total. The highest BCUT2D eigenvalue weighted by atomic mass is 16.1. The normalized spacial score (nSPS) is 17.7. The molecule has 0 atom stereocenters. The summed E-state index contributed by atoms with van der Waals surface area (Å²) in [4.78, 5) is 15.2. The summed E-state index contributed by atoms with van der Waals surface area (Å²) in [5.41, 5.74) is 4.51. The number of nitrogens with zero attached hydrogens (tertiary/aromatic N) is 3. The van der Waals surface area contributed by atoms with Crippen molar-refractivity contribution >= 4 is 17.9 Å². The first-order chi connectivity index (χ1) is 13.1. The van der Waals surface area contributed by atoms with E-state index in [0.717, 1.165) is 28.8 Å². The van der Waals surface area contributed by atoms with Crippen LogP contribution < -0.4 is 0 Å². The van der Waals surface area contributed by atoms with Gasteiger partial charge in [0.25, 0.3) is 0 Å². The van der Waals surface area contributed by atoms with E-state index in [-0.39, 0.29) is 5.78 Å². The molecule has 132 valence electrons. The predicted octanol–water partition coefficient (Wildman–Crippen LogP) is 3.80. The van der Waals surface area contributed by atoms with Gasteiger partial charge in [-0.15, -0.1) is 0 Å². The Labute approximate surface area is 159 Å². The summed E-state index contributed by atoms with van der Waals surface area (Å²) in [5, 5.41) is 17.8. The summed E-state index contributed by atoms with van der Waals surface area (Å²) in [6.45, 7) is 4.15. The number of ketones is 1. The maximum absolute atomic E-state index is 13.0. The van der Waals surface area contributed by atoms with Crippen molar-refractivity contribution in [1.82, 2.24) is 4.90 Å². The van der Waals surface area contributed by atoms with Gasteiger partial charge in [0.2, 0.25) is 0 Å². The van der Waals surface area contributed by atoms with Crippen LogP contribution in [0.2, 0.25) is 0 Å². The fourth-order valence-corrected chi connectivity index (χ4v) is 3.04. The molecule has 3 rings (SSSR count). The van der Waals surface area contributed by atoms with Crippen molar-refractivity contribution in [3.8, 4) is 12.1 Å². The van der Waals surface area contributed by atoms with E-state index in [9.17, 15) is 4.79 Å². The Morgan fingerprint density at radius 2 is 1.26 bits per heavy atom. The van der Waals surface area contributed by atoms with Crippen LogP contribution in [0.3, 0.4) is 0 Å². The SMILES string of the molecule is CCN1C/C(=C/c2ccc(C#N)cc2)C(=O)/C(=C/c2ccc(C#N)cc2)C1. The number of nitriles is 2. The van der Waals surface area contributed by atoms with Crippen LogP contribution in [-0.2, 0) is 4.79 Å². The minimum absolute atomic E-state index is 0.0495. The van der Waals surface area contributed by atoms with Crippen molar-refractivity contribution in [2.45, 2.75) is 6.92 Å². The van der Waals surface area contributed by atoms with Gasteiger partial charge in [-0.1, -0.05) is 31.2 Å². The molecule has 1 aliphatic heterocycles. The van der Waals surface area contributed by atoms with Crippen molar-refractivity contribution in [1.29, 1.82) is 10.5 Å². The van der Waals surface area contributed by atoms with Crippen LogP contribution >= 0.6 is 0 Å². The minimum Gasteiger partial charge on any atom is -0.295 e. The smallest absolute Gasteiger partial charge is 0.187 e. The third-order valence-electron chi connectivity index (χ3n) is 4.58. The fraction of sp³-hybridized carbons (Fsp3) is 0.174. The molecule has 0 N–H and O–H groups in total. The Morgan fingerprint density at radius 1 is 0.852 bits per heavy atom. The maximum Gasteiger partial charge on any atom is 0.187 e. The third kappa shape index (κ3) is 4.39. The number of hydrogen-bond acceptors (Lipinski definition) is 4. The molecule has 0 aromatic heterocycles. The quantitative estimate of drug-likeness (QED) is 0.787. The van der Waals surface area contributed by atoms with Gasteiger partial charge >= 0.3 is 0 Å². The Morgan fingerprint density at radius 3 is 1.59 bits per heavy atom. The van der Waals surface area contributed by atoms with E-state index in [0.29, 0.717) is 24.2 Å². The van der Waals surface area contributed by atoms with Crippen molar-refractivity contribution in [3.63, 3.8) is 0 Å². The van der Waals surface area contributed by atoms with Crippen molar-refractivity contribution < 1.29 is 4.79 Å². The maximum atomic E-state index is 13.0. The summed E-state index contributed by atoms with van der Waals surface area (Å²) in [6.07, 6.45) is 3.80. The van der Waals surface area contributed by atoms with Gasteiger partial charge in [-0.25, -0.2) is 0 Å². The van der Waals surface area contributed by atoms with Crippen LogP contribution in [0.5, 0.6) is 0 Å². The zero-order chi connectivity index (χ0) is 19.2. The number of carbonyl (C=O) groups is 1. The Hall–Kier alpha value is -3.47. The lowest BCUT2D eigenvalue weighted by atomic mass is 9.94. The predicted molar refractivity (Wildman–Crippen MR) is 105 cm³/mol. The molecule has 0 radical (unpaired) electrons. The Bertz CT molecular complexity index is 904. The molecule has 0 saturated carbocycles. The van der Waals surface area contributed by atoms with Gasteiger partial charge in [0.05, 0.1) is 23.3 Å². The molecular weight excluding hydrogens is 334 g/mol. The standard InChI is InChI=1S/C23H19N3O/c1-2-26-15-21(11-17-3-7-19(13-24)8-4-17)23(27)22(16-26)12-18-5-9-20(14-25)10-6-18/h3-12H,2,15-16H2,1H3/b21-11-,22-12+. The number of rotatable bonds is 3. The van der Waals surface area contributed by atoms with E-state index in [1.807, 2.05) is 36.4 Å². The lowest BCUT2D eigenvalue weighted by molar-refractivity contribution is -0.113. The van der Waals surface area contributed by atoms with Crippen LogP contribution in [0.1, 0.15) is 29.2 Å². The Balaban J connectivity index is 1.92. The molecule has 27 heavy (non-hydrogen) atoms. The van der Waals surface area contributed by atoms with Crippen molar-refractivity contribution in [2.75, 3.05) is 19.6 Å². The molecule has 1 saturated heterocycles. The van der Waals surface area contributed by atoms with Gasteiger partial charge in [-0.05, 0) is 54.1 Å². The molecule has 0 aliphatic carbocycles. The highest BCUT2D eigenvalue weighted by Crippen LogP contribution is 2.22. The molecule has 1 fully saturated rings. The average molecular weight is 353 g/mol. The Kier molecular flexibility index (Phi) is 5.61. The van der Waals surface area contributed by atoms with Crippen LogP contribution in [0.25, 0.3) is 12.2 Å². The molecule has 2 aromatic carbocycles. The lowest BCUT2D eigenvalue weighted by Crippen LogP contribution is -2.37. The molecule has 0 bridgehead atoms. The first-order valence-corrected chi connectivity index (χ1v) is 8.81. The molecule has 0 spiro atoms. The number of likely N-dealkylation sites (N-methyl/N-ethyl adjacent to an activating group) is 1. The number of benzene rings is 2. The van der Waals surface area contributed by atoms with Gasteiger partial charge in [0.1, 0.15) is 0 Å². The van der Waals surface area contributed by atoms with E-state index in [4.69, 9.17) is 10.5 Å². The molecular formula is C23H19N3O. The van der Waals surface area contributed by atoms with Gasteiger partial charge in [-0.2, -0.15) is 10.5 Å². The second-order valence-corrected chi connectivity index (χ2v) is 6.44. The summed E-state index contributed by atoms with van der Waals surface area (Å²) in [7, 11) is 0. The number of carbonyl (C=O) groups excluding carboxylic acids is 1. The van der Waals surface area contributed by atoms with E-state index in [2.05, 4.69) is 24.0 Å². The van der Waals surface area contributed by atoms with Gasteiger partial charge < -0.3 is 0 Å². The highest BCUT2D eigenvalue weighted by molar-refractivity contribution is 6.14. The molecule has 1 heterocycles. The molecule has 0 amide bonds. The zero-order valence-electron chi connectivity index (χ0n) is 15.1. The first-order valence-electron chi connectivity index (χ1n) is 8.81. The topological polar surface area (TPSA) is 67.9 Å². The van der Waals surface area contributed by atoms with Gasteiger partial charge in [0.15, 0.2) is 5.78 Å². The summed E-state index contributed by atoms with van der Waals surface area (Å²) < 4.78 is 0. The van der Waals surface area contributed by atoms with E-state index < -0.39 is 0 Å². The number of Topliss-reactive ketones (excluding diaryl/α,β-unsaturated/α-hetero) is 1. The minimum atomic E-state index is 0.0495. The summed E-state index contributed by atoms with van der Waals surface area (Å²) >= 11 is 0. The van der Waals surface area contributed by atoms with Crippen molar-refractivity contribution in [2.24, 2.45) is 0 Å². The van der Waals surface area contributed by atoms with Crippen molar-refractivity contribution in [3.05, 3.63) is 81.9 Å². The summed E-state index contributed by atoms with van der Waals surface area (Å²) in [6, 6.07) is 18.6. The second-order valence-electron chi connectivity index (χ2n) is 6.44. The largest absolute Gasteiger partial charge is 0.295 e. The zero-order valence-corrected chi connectivity index (χ0v) is 15.1. The molecule has 2 aromatic rings. The van der Waals surface area contributed by atoms with Gasteiger partial charge in [0, 0.05) is 24.2 Å². The number of piperidine rings is 1. The first kappa shape index (κ1) is 18.3. The second kappa shape index (κ2) is 8.27. The average Bonchev–Trinajstić information content (AvgIpc) is 2.72. The van der Waals surface area contributed by atoms with Crippen LogP contribution in [0.4, 0.5) is 0 Å². The van der Waals surface area contributed by atoms with E-state index in [1.54, 1.807) is 24.3 Å². The third-order valence-corrected chi connectivity index (χ3v) is 4.58. The van der Waals surface area contributed by atoms with E-state index in [1.165, 1.54) is 0 Å². The van der Waals surface area contributed by atoms with E-state index >= 15 is 0 Å². The number of hydrogen-bond donors (Lipinski definition) is 0. The van der Waals surface area contributed by atoms with Crippen LogP contribution in [-0.4, -0.2) is 30.3 Å². The number of likely N-dealkylation sites (tertiary alicyclic amines) is 1. The molecule has 4 heteroatoms.